The van der Waals surface area contributed by atoms with Gasteiger partial charge in [0.1, 0.15) is 11.5 Å². The first-order chi connectivity index (χ1) is 8.54. The maximum atomic E-state index is 13.6. The van der Waals surface area contributed by atoms with Crippen LogP contribution in [0.2, 0.25) is 0 Å². The van der Waals surface area contributed by atoms with Crippen molar-refractivity contribution < 1.29 is 17.9 Å². The second-order valence-electron chi connectivity index (χ2n) is 3.61. The molecule has 0 saturated carbocycles. The average Bonchev–Trinajstić information content (AvgIpc) is 2.61. The van der Waals surface area contributed by atoms with Crippen molar-refractivity contribution in [2.24, 2.45) is 0 Å². The van der Waals surface area contributed by atoms with Gasteiger partial charge in [-0.25, -0.2) is 17.9 Å². The number of ether oxygens (including phenoxy) is 1. The third-order valence-corrected chi connectivity index (χ3v) is 2.38. The number of benzene rings is 1. The minimum Gasteiger partial charge on any atom is -0.396 e. The van der Waals surface area contributed by atoms with Crippen LogP contribution in [0.25, 0.3) is 5.69 Å². The third-order valence-electron chi connectivity index (χ3n) is 2.38. The number of methoxy groups -OCH3 is 1. The van der Waals surface area contributed by atoms with Gasteiger partial charge in [-0.15, -0.1) is 0 Å². The second-order valence-corrected chi connectivity index (χ2v) is 3.61. The van der Waals surface area contributed by atoms with Crippen molar-refractivity contribution in [1.29, 1.82) is 0 Å². The largest absolute Gasteiger partial charge is 0.396 e. The molecule has 96 valence electrons. The highest BCUT2D eigenvalue weighted by Crippen LogP contribution is 2.23. The fraction of sp³-hybridized carbons (Fsp3) is 0.182. The number of nitrogen functional groups attached to an aromatic ring is 1. The van der Waals surface area contributed by atoms with Gasteiger partial charge in [-0.3, -0.25) is 0 Å². The predicted molar refractivity (Wildman–Crippen MR) is 58.6 cm³/mol. The maximum Gasteiger partial charge on any atom is 0.154 e. The smallest absolute Gasteiger partial charge is 0.154 e. The van der Waals surface area contributed by atoms with Gasteiger partial charge in [0.2, 0.25) is 0 Å². The van der Waals surface area contributed by atoms with E-state index in [-0.39, 0.29) is 12.3 Å². The summed E-state index contributed by atoms with van der Waals surface area (Å²) in [5, 5.41) is 3.77. The topological polar surface area (TPSA) is 53.1 Å². The van der Waals surface area contributed by atoms with E-state index in [0.717, 1.165) is 4.68 Å². The molecule has 0 bridgehead atoms. The molecule has 2 aromatic rings. The number of anilines is 1. The molecule has 0 aliphatic carbocycles. The van der Waals surface area contributed by atoms with E-state index in [4.69, 9.17) is 10.5 Å². The molecule has 0 spiro atoms. The summed E-state index contributed by atoms with van der Waals surface area (Å²) in [7, 11) is 1.41. The minimum atomic E-state index is -1.06. The highest BCUT2D eigenvalue weighted by atomic mass is 19.1. The monoisotopic (exact) mass is 257 g/mol. The molecule has 7 heteroatoms. The third kappa shape index (κ3) is 2.04. The Labute approximate surface area is 101 Å². The van der Waals surface area contributed by atoms with Crippen molar-refractivity contribution in [3.05, 3.63) is 41.5 Å². The maximum absolute atomic E-state index is 13.6. The molecule has 0 saturated heterocycles. The van der Waals surface area contributed by atoms with Crippen LogP contribution in [-0.2, 0) is 11.3 Å². The molecule has 18 heavy (non-hydrogen) atoms. The second kappa shape index (κ2) is 4.69. The van der Waals surface area contributed by atoms with Crippen LogP contribution < -0.4 is 5.73 Å². The summed E-state index contributed by atoms with van der Waals surface area (Å²) in [5.74, 6) is -3.12. The summed E-state index contributed by atoms with van der Waals surface area (Å²) < 4.78 is 45.9. The van der Waals surface area contributed by atoms with E-state index < -0.39 is 23.1 Å². The summed E-state index contributed by atoms with van der Waals surface area (Å²) in [5.41, 5.74) is 5.66. The molecule has 1 aromatic carbocycles. The van der Waals surface area contributed by atoms with Gasteiger partial charge in [0.25, 0.3) is 0 Å². The van der Waals surface area contributed by atoms with E-state index in [1.54, 1.807) is 0 Å². The van der Waals surface area contributed by atoms with E-state index in [2.05, 4.69) is 5.10 Å². The van der Waals surface area contributed by atoms with Crippen LogP contribution in [0.3, 0.4) is 0 Å². The molecule has 4 nitrogen and oxygen atoms in total. The van der Waals surface area contributed by atoms with Gasteiger partial charge in [-0.05, 0) is 0 Å². The molecule has 0 fully saturated rings. The summed E-state index contributed by atoms with van der Waals surface area (Å²) >= 11 is 0. The van der Waals surface area contributed by atoms with Gasteiger partial charge in [-0.2, -0.15) is 5.10 Å². The lowest BCUT2D eigenvalue weighted by atomic mass is 10.2. The highest BCUT2D eigenvalue weighted by Gasteiger charge is 2.18. The first kappa shape index (κ1) is 12.4. The van der Waals surface area contributed by atoms with Gasteiger partial charge >= 0.3 is 0 Å². The van der Waals surface area contributed by atoms with E-state index in [1.807, 2.05) is 0 Å². The van der Waals surface area contributed by atoms with Gasteiger partial charge < -0.3 is 10.5 Å². The van der Waals surface area contributed by atoms with Crippen molar-refractivity contribution in [1.82, 2.24) is 9.78 Å². The molecule has 0 amide bonds. The summed E-state index contributed by atoms with van der Waals surface area (Å²) in [6, 6.07) is 1.15. The normalized spacial score (nSPS) is 10.9. The predicted octanol–water partition coefficient (Wildman–Crippen LogP) is 2.02. The van der Waals surface area contributed by atoms with Crippen LogP contribution in [-0.4, -0.2) is 16.9 Å². The average molecular weight is 257 g/mol. The quantitative estimate of drug-likeness (QED) is 0.915. The zero-order valence-electron chi connectivity index (χ0n) is 9.45. The SMILES string of the molecule is COCc1c(N)cnn1-c1c(F)cc(F)cc1F. The Balaban J connectivity index is 2.62. The van der Waals surface area contributed by atoms with Crippen LogP contribution in [0.15, 0.2) is 18.3 Å². The molecule has 1 aromatic heterocycles. The van der Waals surface area contributed by atoms with Crippen molar-refractivity contribution in [2.45, 2.75) is 6.61 Å². The molecule has 1 heterocycles. The summed E-state index contributed by atoms with van der Waals surface area (Å²) in [6.45, 7) is 0.0299. The van der Waals surface area contributed by atoms with Crippen LogP contribution in [0, 0.1) is 17.5 Å². The fourth-order valence-electron chi connectivity index (χ4n) is 1.60. The van der Waals surface area contributed by atoms with Crippen LogP contribution in [0.4, 0.5) is 18.9 Å². The molecular formula is C11H10F3N3O. The Kier molecular flexibility index (Phi) is 3.24. The lowest BCUT2D eigenvalue weighted by Crippen LogP contribution is -2.09. The minimum absolute atomic E-state index is 0.0299. The summed E-state index contributed by atoms with van der Waals surface area (Å²) in [4.78, 5) is 0. The fourth-order valence-corrected chi connectivity index (χ4v) is 1.60. The summed E-state index contributed by atoms with van der Waals surface area (Å²) in [6.07, 6.45) is 1.25. The number of nitrogens with zero attached hydrogens (tertiary/aromatic N) is 2. The van der Waals surface area contributed by atoms with Crippen LogP contribution in [0.1, 0.15) is 5.69 Å². The highest BCUT2D eigenvalue weighted by molar-refractivity contribution is 5.46. The Morgan fingerprint density at radius 3 is 2.44 bits per heavy atom. The number of aromatic nitrogens is 2. The first-order valence-corrected chi connectivity index (χ1v) is 5.00. The molecule has 2 N–H and O–H groups in total. The first-order valence-electron chi connectivity index (χ1n) is 5.00. The van der Waals surface area contributed by atoms with Crippen molar-refractivity contribution >= 4 is 5.69 Å². The zero-order chi connectivity index (χ0) is 13.3. The van der Waals surface area contributed by atoms with Crippen molar-refractivity contribution in [2.75, 3.05) is 12.8 Å². The molecule has 0 aliphatic heterocycles. The Bertz CT molecular complexity index is 560. The zero-order valence-corrected chi connectivity index (χ0v) is 9.45. The Morgan fingerprint density at radius 1 is 1.28 bits per heavy atom. The molecule has 0 aliphatic rings. The van der Waals surface area contributed by atoms with Crippen molar-refractivity contribution in [3.63, 3.8) is 0 Å². The number of hydrogen-bond donors (Lipinski definition) is 1. The number of halogens is 3. The van der Waals surface area contributed by atoms with E-state index in [1.165, 1.54) is 13.3 Å². The van der Waals surface area contributed by atoms with Crippen LogP contribution in [0.5, 0.6) is 0 Å². The lowest BCUT2D eigenvalue weighted by molar-refractivity contribution is 0.179. The number of nitrogens with two attached hydrogens (primary N) is 1. The van der Waals surface area contributed by atoms with Gasteiger partial charge in [0.05, 0.1) is 24.2 Å². The molecule has 2 rings (SSSR count). The van der Waals surface area contributed by atoms with Gasteiger partial charge in [0.15, 0.2) is 11.6 Å². The molecule has 0 radical (unpaired) electrons. The lowest BCUT2D eigenvalue weighted by Gasteiger charge is -2.09. The van der Waals surface area contributed by atoms with Gasteiger partial charge in [-0.1, -0.05) is 0 Å². The standard InChI is InChI=1S/C11H10F3N3O/c1-18-5-10-9(15)4-16-17(10)11-7(13)2-6(12)3-8(11)14/h2-4H,5,15H2,1H3. The molecular weight excluding hydrogens is 247 g/mol. The number of hydrogen-bond acceptors (Lipinski definition) is 3. The Hall–Kier alpha value is -2.02. The van der Waals surface area contributed by atoms with Gasteiger partial charge in [0, 0.05) is 19.2 Å². The molecule has 0 unspecified atom stereocenters. The van der Waals surface area contributed by atoms with E-state index >= 15 is 0 Å². The Morgan fingerprint density at radius 2 is 1.89 bits per heavy atom. The van der Waals surface area contributed by atoms with E-state index in [0.29, 0.717) is 17.8 Å². The number of rotatable bonds is 3. The molecule has 0 atom stereocenters. The van der Waals surface area contributed by atoms with E-state index in [9.17, 15) is 13.2 Å². The van der Waals surface area contributed by atoms with Crippen molar-refractivity contribution in [3.8, 4) is 5.69 Å². The van der Waals surface area contributed by atoms with Crippen LogP contribution >= 0.6 is 0 Å².